The largest absolute Gasteiger partial charge is 0.454 e. The predicted octanol–water partition coefficient (Wildman–Crippen LogP) is 3.14. The Morgan fingerprint density at radius 1 is 1.50 bits per heavy atom. The summed E-state index contributed by atoms with van der Waals surface area (Å²) in [5.74, 6) is 0.669. The SMILES string of the molecule is CC(C)CC(=O)OC1Oc2ccc(C#N)cc2C1(C)C. The van der Waals surface area contributed by atoms with Gasteiger partial charge in [0.1, 0.15) is 5.75 Å². The van der Waals surface area contributed by atoms with Gasteiger partial charge in [0.05, 0.1) is 17.0 Å². The van der Waals surface area contributed by atoms with Crippen LogP contribution in [0.1, 0.15) is 45.2 Å². The van der Waals surface area contributed by atoms with Gasteiger partial charge in [0, 0.05) is 12.0 Å². The van der Waals surface area contributed by atoms with Crippen molar-refractivity contribution in [2.24, 2.45) is 5.92 Å². The second-order valence-corrected chi connectivity index (χ2v) is 6.08. The van der Waals surface area contributed by atoms with E-state index in [-0.39, 0.29) is 11.9 Å². The summed E-state index contributed by atoms with van der Waals surface area (Å²) in [6.45, 7) is 7.84. The van der Waals surface area contributed by atoms with Gasteiger partial charge in [0.25, 0.3) is 6.29 Å². The molecule has 0 aromatic heterocycles. The molecular weight excluding hydrogens is 254 g/mol. The molecule has 0 saturated heterocycles. The first-order valence-corrected chi connectivity index (χ1v) is 6.75. The number of benzene rings is 1. The van der Waals surface area contributed by atoms with Crippen LogP contribution in [-0.4, -0.2) is 12.3 Å². The van der Waals surface area contributed by atoms with Crippen LogP contribution in [0.15, 0.2) is 18.2 Å². The molecule has 0 amide bonds. The smallest absolute Gasteiger partial charge is 0.309 e. The van der Waals surface area contributed by atoms with E-state index in [0.29, 0.717) is 17.7 Å². The molecule has 0 N–H and O–H groups in total. The van der Waals surface area contributed by atoms with Gasteiger partial charge in [-0.1, -0.05) is 13.8 Å². The minimum atomic E-state index is -0.641. The highest BCUT2D eigenvalue weighted by Gasteiger charge is 2.44. The summed E-state index contributed by atoms with van der Waals surface area (Å²) < 4.78 is 11.2. The van der Waals surface area contributed by atoms with Crippen molar-refractivity contribution in [3.8, 4) is 11.8 Å². The zero-order valence-electron chi connectivity index (χ0n) is 12.3. The van der Waals surface area contributed by atoms with Gasteiger partial charge >= 0.3 is 5.97 Å². The summed E-state index contributed by atoms with van der Waals surface area (Å²) in [5, 5.41) is 8.97. The van der Waals surface area contributed by atoms with Crippen molar-refractivity contribution in [2.45, 2.75) is 45.8 Å². The molecular formula is C16H19NO3. The van der Waals surface area contributed by atoms with Crippen LogP contribution in [0.5, 0.6) is 5.75 Å². The van der Waals surface area contributed by atoms with Crippen molar-refractivity contribution >= 4 is 5.97 Å². The molecule has 0 bridgehead atoms. The Kier molecular flexibility index (Phi) is 3.71. The monoisotopic (exact) mass is 273 g/mol. The quantitative estimate of drug-likeness (QED) is 0.794. The van der Waals surface area contributed by atoms with E-state index in [0.717, 1.165) is 5.56 Å². The van der Waals surface area contributed by atoms with E-state index >= 15 is 0 Å². The normalized spacial score (nSPS) is 19.1. The highest BCUT2D eigenvalue weighted by Crippen LogP contribution is 2.43. The number of nitrogens with zero attached hydrogens (tertiary/aromatic N) is 1. The summed E-state index contributed by atoms with van der Waals surface area (Å²) >= 11 is 0. The lowest BCUT2D eigenvalue weighted by atomic mass is 9.84. The van der Waals surface area contributed by atoms with Gasteiger partial charge in [-0.25, -0.2) is 0 Å². The molecule has 0 fully saturated rings. The molecule has 1 aromatic carbocycles. The lowest BCUT2D eigenvalue weighted by molar-refractivity contribution is -0.169. The summed E-state index contributed by atoms with van der Waals surface area (Å²) in [4.78, 5) is 11.8. The third kappa shape index (κ3) is 2.62. The fourth-order valence-corrected chi connectivity index (χ4v) is 2.27. The van der Waals surface area contributed by atoms with Gasteiger partial charge in [0.2, 0.25) is 0 Å². The number of fused-ring (bicyclic) bond motifs is 1. The number of ether oxygens (including phenoxy) is 2. The molecule has 0 saturated carbocycles. The summed E-state index contributed by atoms with van der Waals surface area (Å²) in [6, 6.07) is 7.37. The first-order valence-electron chi connectivity index (χ1n) is 6.75. The highest BCUT2D eigenvalue weighted by molar-refractivity contribution is 5.70. The van der Waals surface area contributed by atoms with Crippen LogP contribution in [0.3, 0.4) is 0 Å². The average Bonchev–Trinajstić information content (AvgIpc) is 2.60. The van der Waals surface area contributed by atoms with Crippen LogP contribution < -0.4 is 4.74 Å². The zero-order valence-corrected chi connectivity index (χ0v) is 12.3. The minimum absolute atomic E-state index is 0.250. The van der Waals surface area contributed by atoms with E-state index in [2.05, 4.69) is 6.07 Å². The third-order valence-corrected chi connectivity index (χ3v) is 3.44. The summed E-state index contributed by atoms with van der Waals surface area (Å²) in [6.07, 6.45) is -0.270. The first-order chi connectivity index (χ1) is 9.34. The van der Waals surface area contributed by atoms with Crippen molar-refractivity contribution in [2.75, 3.05) is 0 Å². The van der Waals surface area contributed by atoms with Gasteiger partial charge in [-0.3, -0.25) is 4.79 Å². The molecule has 4 nitrogen and oxygen atoms in total. The second-order valence-electron chi connectivity index (χ2n) is 6.08. The molecule has 106 valence electrons. The van der Waals surface area contributed by atoms with Crippen LogP contribution in [0.2, 0.25) is 0 Å². The lowest BCUT2D eigenvalue weighted by Crippen LogP contribution is -2.36. The highest BCUT2D eigenvalue weighted by atomic mass is 16.7. The number of carbonyl (C=O) groups is 1. The average molecular weight is 273 g/mol. The standard InChI is InChI=1S/C16H19NO3/c1-10(2)7-14(18)20-15-16(3,4)12-8-11(9-17)5-6-13(12)19-15/h5-6,8,10,15H,7H2,1-4H3. The molecule has 1 atom stereocenters. The van der Waals surface area contributed by atoms with Crippen molar-refractivity contribution < 1.29 is 14.3 Å². The fraction of sp³-hybridized carbons (Fsp3) is 0.500. The summed E-state index contributed by atoms with van der Waals surface area (Å²) in [5.41, 5.74) is 1.02. The maximum atomic E-state index is 11.8. The molecule has 0 radical (unpaired) electrons. The number of rotatable bonds is 3. The maximum absolute atomic E-state index is 11.8. The van der Waals surface area contributed by atoms with E-state index in [1.165, 1.54) is 0 Å². The molecule has 1 heterocycles. The number of carbonyl (C=O) groups excluding carboxylic acids is 1. The topological polar surface area (TPSA) is 59.3 Å². The fourth-order valence-electron chi connectivity index (χ4n) is 2.27. The number of nitriles is 1. The molecule has 2 rings (SSSR count). The molecule has 1 aromatic rings. The Morgan fingerprint density at radius 3 is 2.80 bits per heavy atom. The lowest BCUT2D eigenvalue weighted by Gasteiger charge is -2.25. The van der Waals surface area contributed by atoms with Crippen molar-refractivity contribution in [1.29, 1.82) is 5.26 Å². The van der Waals surface area contributed by atoms with Crippen LogP contribution in [0.4, 0.5) is 0 Å². The van der Waals surface area contributed by atoms with E-state index in [9.17, 15) is 4.79 Å². The molecule has 1 aliphatic heterocycles. The van der Waals surface area contributed by atoms with Crippen LogP contribution in [0, 0.1) is 17.2 Å². The Bertz CT molecular complexity index is 570. The molecule has 0 spiro atoms. The van der Waals surface area contributed by atoms with Crippen molar-refractivity contribution in [3.05, 3.63) is 29.3 Å². The van der Waals surface area contributed by atoms with E-state index in [1.54, 1.807) is 18.2 Å². The van der Waals surface area contributed by atoms with Gasteiger partial charge in [-0.2, -0.15) is 5.26 Å². The Labute approximate surface area is 119 Å². The van der Waals surface area contributed by atoms with Crippen molar-refractivity contribution in [1.82, 2.24) is 0 Å². The van der Waals surface area contributed by atoms with Gasteiger partial charge < -0.3 is 9.47 Å². The Morgan fingerprint density at radius 2 is 2.20 bits per heavy atom. The predicted molar refractivity (Wildman–Crippen MR) is 74.1 cm³/mol. The number of hydrogen-bond donors (Lipinski definition) is 0. The van der Waals surface area contributed by atoms with Crippen molar-refractivity contribution in [3.63, 3.8) is 0 Å². The molecule has 1 unspecified atom stereocenters. The Balaban J connectivity index is 2.20. The zero-order chi connectivity index (χ0) is 14.9. The van der Waals surface area contributed by atoms with Gasteiger partial charge in [-0.15, -0.1) is 0 Å². The Hall–Kier alpha value is -2.02. The molecule has 4 heteroatoms. The molecule has 0 aliphatic carbocycles. The van der Waals surface area contributed by atoms with E-state index < -0.39 is 11.7 Å². The second kappa shape index (κ2) is 5.16. The van der Waals surface area contributed by atoms with Crippen LogP contribution >= 0.6 is 0 Å². The number of esters is 1. The van der Waals surface area contributed by atoms with Crippen LogP contribution in [-0.2, 0) is 14.9 Å². The van der Waals surface area contributed by atoms with Crippen LogP contribution in [0.25, 0.3) is 0 Å². The van der Waals surface area contributed by atoms with E-state index in [1.807, 2.05) is 27.7 Å². The first kappa shape index (κ1) is 14.4. The van der Waals surface area contributed by atoms with Gasteiger partial charge in [0.15, 0.2) is 0 Å². The molecule has 20 heavy (non-hydrogen) atoms. The van der Waals surface area contributed by atoms with Gasteiger partial charge in [-0.05, 0) is 38.0 Å². The number of hydrogen-bond acceptors (Lipinski definition) is 4. The summed E-state index contributed by atoms with van der Waals surface area (Å²) in [7, 11) is 0. The molecule has 1 aliphatic rings. The third-order valence-electron chi connectivity index (χ3n) is 3.44. The maximum Gasteiger partial charge on any atom is 0.309 e. The van der Waals surface area contributed by atoms with E-state index in [4.69, 9.17) is 14.7 Å². The minimum Gasteiger partial charge on any atom is -0.454 e.